The Kier molecular flexibility index (Phi) is 27.3. The van der Waals surface area contributed by atoms with Crippen LogP contribution in [-0.4, -0.2) is 59.6 Å². The summed E-state index contributed by atoms with van der Waals surface area (Å²) in [5.74, 6) is -0.873. The van der Waals surface area contributed by atoms with Crippen molar-refractivity contribution >= 4 is 24.1 Å². The molecule has 0 aliphatic heterocycles. The molecule has 1 atom stereocenters. The van der Waals surface area contributed by atoms with Gasteiger partial charge in [-0.25, -0.2) is 9.59 Å². The van der Waals surface area contributed by atoms with Crippen molar-refractivity contribution in [2.75, 3.05) is 13.1 Å². The molecule has 0 saturated carbocycles. The summed E-state index contributed by atoms with van der Waals surface area (Å²) in [6.45, 7) is 16.3. The van der Waals surface area contributed by atoms with Gasteiger partial charge in [-0.1, -0.05) is 53.4 Å². The van der Waals surface area contributed by atoms with Crippen LogP contribution in [0.3, 0.4) is 0 Å². The molecule has 10 heteroatoms. The average Bonchev–Trinajstić information content (AvgIpc) is 2.83. The maximum atomic E-state index is 11.9. The highest BCUT2D eigenvalue weighted by Gasteiger charge is 2.16. The lowest BCUT2D eigenvalue weighted by Crippen LogP contribution is -2.33. The van der Waals surface area contributed by atoms with Crippen LogP contribution in [0.5, 0.6) is 0 Å². The highest BCUT2D eigenvalue weighted by molar-refractivity contribution is 5.69. The predicted octanol–water partition coefficient (Wildman–Crippen LogP) is 8.16. The van der Waals surface area contributed by atoms with E-state index in [0.717, 1.165) is 51.4 Å². The standard InChI is InChI=1S/C20H39NO4.C11H21NO4.CH4/c1-6-8-9-11-14-17(7-2)24-18(22)15-12-10-13-16-21-19(23)25-20(3,4)5;1-11(2,3)16-10(15)12-8-6-4-5-7-9(13)14;/h17H,6-16H2,1-5H3,(H,21,23);4-8H2,1-3H3,(H,12,15)(H,13,14);1H4. The summed E-state index contributed by atoms with van der Waals surface area (Å²) in [6.07, 6.45) is 11.3. The van der Waals surface area contributed by atoms with Gasteiger partial charge in [0, 0.05) is 25.9 Å². The number of hydrogen-bond acceptors (Lipinski definition) is 7. The van der Waals surface area contributed by atoms with E-state index in [0.29, 0.717) is 25.9 Å². The summed E-state index contributed by atoms with van der Waals surface area (Å²) in [5, 5.41) is 13.7. The van der Waals surface area contributed by atoms with Gasteiger partial charge in [0.1, 0.15) is 17.3 Å². The molecule has 42 heavy (non-hydrogen) atoms. The number of hydrogen-bond donors (Lipinski definition) is 3. The van der Waals surface area contributed by atoms with Gasteiger partial charge in [-0.3, -0.25) is 9.59 Å². The number of carboxylic acid groups (broad SMARTS) is 1. The zero-order valence-electron chi connectivity index (χ0n) is 27.2. The fourth-order valence-electron chi connectivity index (χ4n) is 3.55. The van der Waals surface area contributed by atoms with Gasteiger partial charge in [0.05, 0.1) is 0 Å². The van der Waals surface area contributed by atoms with E-state index in [2.05, 4.69) is 24.5 Å². The maximum absolute atomic E-state index is 11.9. The van der Waals surface area contributed by atoms with E-state index in [1.807, 2.05) is 20.8 Å². The number of carbonyl (C=O) groups excluding carboxylic acids is 3. The Morgan fingerprint density at radius 1 is 0.667 bits per heavy atom. The number of ether oxygens (including phenoxy) is 3. The van der Waals surface area contributed by atoms with E-state index in [1.54, 1.807) is 20.8 Å². The van der Waals surface area contributed by atoms with Gasteiger partial charge in [-0.05, 0) is 86.5 Å². The molecule has 250 valence electrons. The summed E-state index contributed by atoms with van der Waals surface area (Å²) < 4.78 is 15.8. The van der Waals surface area contributed by atoms with Crippen molar-refractivity contribution in [1.29, 1.82) is 0 Å². The number of carboxylic acids is 1. The first kappa shape index (κ1) is 43.9. The lowest BCUT2D eigenvalue weighted by Gasteiger charge is -2.19. The third-order valence-corrected chi connectivity index (χ3v) is 5.59. The summed E-state index contributed by atoms with van der Waals surface area (Å²) >= 11 is 0. The van der Waals surface area contributed by atoms with Gasteiger partial charge < -0.3 is 30.0 Å². The maximum Gasteiger partial charge on any atom is 0.407 e. The van der Waals surface area contributed by atoms with E-state index in [1.165, 1.54) is 19.3 Å². The van der Waals surface area contributed by atoms with Crippen LogP contribution in [0.15, 0.2) is 0 Å². The molecule has 0 aliphatic rings. The molecule has 0 aromatic heterocycles. The number of nitrogens with one attached hydrogen (secondary N) is 2. The second-order valence-electron chi connectivity index (χ2n) is 12.2. The summed E-state index contributed by atoms with van der Waals surface area (Å²) in [5.41, 5.74) is -0.951. The molecule has 0 radical (unpaired) electrons. The Hall–Kier alpha value is -2.52. The zero-order valence-corrected chi connectivity index (χ0v) is 27.2. The monoisotopic (exact) mass is 604 g/mol. The number of esters is 1. The summed E-state index contributed by atoms with van der Waals surface area (Å²) in [7, 11) is 0. The van der Waals surface area contributed by atoms with Crippen LogP contribution >= 0.6 is 0 Å². The smallest absolute Gasteiger partial charge is 0.407 e. The molecule has 10 nitrogen and oxygen atoms in total. The predicted molar refractivity (Wildman–Crippen MR) is 169 cm³/mol. The van der Waals surface area contributed by atoms with Crippen LogP contribution in [0.25, 0.3) is 0 Å². The van der Waals surface area contributed by atoms with Crippen molar-refractivity contribution in [1.82, 2.24) is 10.6 Å². The van der Waals surface area contributed by atoms with Gasteiger partial charge in [0.15, 0.2) is 0 Å². The van der Waals surface area contributed by atoms with Gasteiger partial charge >= 0.3 is 24.1 Å². The number of aliphatic carboxylic acids is 1. The first-order valence-corrected chi connectivity index (χ1v) is 15.4. The lowest BCUT2D eigenvalue weighted by atomic mass is 10.1. The van der Waals surface area contributed by atoms with Crippen LogP contribution in [0.2, 0.25) is 0 Å². The third-order valence-electron chi connectivity index (χ3n) is 5.59. The zero-order chi connectivity index (χ0) is 31.7. The highest BCUT2D eigenvalue weighted by Crippen LogP contribution is 2.13. The van der Waals surface area contributed by atoms with E-state index in [9.17, 15) is 19.2 Å². The molecular formula is C32H64N2O8. The molecule has 0 fully saturated rings. The van der Waals surface area contributed by atoms with Gasteiger partial charge in [-0.15, -0.1) is 0 Å². The molecule has 0 saturated heterocycles. The Morgan fingerprint density at radius 2 is 1.12 bits per heavy atom. The minimum absolute atomic E-state index is 0. The Bertz CT molecular complexity index is 714. The SMILES string of the molecule is C.CC(C)(C)OC(=O)NCCCCCC(=O)O.CCCCCCC(CC)OC(=O)CCCCCNC(=O)OC(C)(C)C. The molecular weight excluding hydrogens is 540 g/mol. The molecule has 0 bridgehead atoms. The molecule has 2 amide bonds. The molecule has 0 rings (SSSR count). The van der Waals surface area contributed by atoms with Crippen LogP contribution < -0.4 is 10.6 Å². The normalized spacial score (nSPS) is 11.6. The van der Waals surface area contributed by atoms with Crippen molar-refractivity contribution < 1.29 is 38.5 Å². The Labute approximate surface area is 256 Å². The quantitative estimate of drug-likeness (QED) is 0.0762. The number of alkyl carbamates (subject to hydrolysis) is 2. The molecule has 0 spiro atoms. The van der Waals surface area contributed by atoms with Gasteiger partial charge in [-0.2, -0.15) is 0 Å². The van der Waals surface area contributed by atoms with Crippen molar-refractivity contribution in [2.24, 2.45) is 0 Å². The Balaban J connectivity index is -0.000000776. The number of amides is 2. The van der Waals surface area contributed by atoms with Crippen LogP contribution in [-0.2, 0) is 23.8 Å². The van der Waals surface area contributed by atoms with Crippen molar-refractivity contribution in [3.05, 3.63) is 0 Å². The second kappa shape index (κ2) is 26.1. The van der Waals surface area contributed by atoms with Gasteiger partial charge in [0.2, 0.25) is 0 Å². The molecule has 0 aromatic carbocycles. The average molecular weight is 605 g/mol. The fraction of sp³-hybridized carbons (Fsp3) is 0.875. The van der Waals surface area contributed by atoms with Crippen molar-refractivity contribution in [3.63, 3.8) is 0 Å². The summed E-state index contributed by atoms with van der Waals surface area (Å²) in [4.78, 5) is 44.7. The van der Waals surface area contributed by atoms with Crippen LogP contribution in [0.1, 0.15) is 153 Å². The molecule has 3 N–H and O–H groups in total. The number of carbonyl (C=O) groups is 4. The van der Waals surface area contributed by atoms with Crippen molar-refractivity contribution in [2.45, 2.75) is 170 Å². The van der Waals surface area contributed by atoms with E-state index in [-0.39, 0.29) is 32.0 Å². The van der Waals surface area contributed by atoms with Gasteiger partial charge in [0.25, 0.3) is 0 Å². The van der Waals surface area contributed by atoms with E-state index >= 15 is 0 Å². The first-order valence-electron chi connectivity index (χ1n) is 15.4. The minimum Gasteiger partial charge on any atom is -0.481 e. The number of unbranched alkanes of at least 4 members (excludes halogenated alkanes) is 7. The molecule has 1 unspecified atom stereocenters. The Morgan fingerprint density at radius 3 is 1.52 bits per heavy atom. The molecule has 0 heterocycles. The fourth-order valence-corrected chi connectivity index (χ4v) is 3.55. The number of rotatable bonds is 19. The topological polar surface area (TPSA) is 140 Å². The van der Waals surface area contributed by atoms with E-state index < -0.39 is 23.3 Å². The van der Waals surface area contributed by atoms with Crippen LogP contribution in [0, 0.1) is 0 Å². The molecule has 0 aromatic rings. The second-order valence-corrected chi connectivity index (χ2v) is 12.2. The summed E-state index contributed by atoms with van der Waals surface area (Å²) in [6, 6.07) is 0. The minimum atomic E-state index is -0.778. The van der Waals surface area contributed by atoms with E-state index in [4.69, 9.17) is 19.3 Å². The largest absolute Gasteiger partial charge is 0.481 e. The van der Waals surface area contributed by atoms with Crippen LogP contribution in [0.4, 0.5) is 9.59 Å². The lowest BCUT2D eigenvalue weighted by molar-refractivity contribution is -0.149. The van der Waals surface area contributed by atoms with Crippen molar-refractivity contribution in [3.8, 4) is 0 Å². The first-order chi connectivity index (χ1) is 19.1. The highest BCUT2D eigenvalue weighted by atomic mass is 16.6. The molecule has 0 aliphatic carbocycles. The third kappa shape index (κ3) is 35.5.